The van der Waals surface area contributed by atoms with E-state index in [-0.39, 0.29) is 27.4 Å². The molecule has 0 aliphatic rings. The molecule has 0 saturated heterocycles. The van der Waals surface area contributed by atoms with Gasteiger partial charge in [-0.3, -0.25) is 0 Å². The van der Waals surface area contributed by atoms with Crippen LogP contribution in [0.4, 0.5) is 0 Å². The smallest absolute Gasteiger partial charge is 0.242 e. The van der Waals surface area contributed by atoms with Crippen LogP contribution in [0.1, 0.15) is 6.92 Å². The summed E-state index contributed by atoms with van der Waals surface area (Å²) in [4.78, 5) is 0.294. The molecule has 0 fully saturated rings. The summed E-state index contributed by atoms with van der Waals surface area (Å²) in [5, 5.41) is 0.153. The van der Waals surface area contributed by atoms with Crippen molar-refractivity contribution in [3.8, 4) is 0 Å². The minimum Gasteiger partial charge on any atom is -0.393 e. The number of sulfonamides is 1. The Bertz CT molecular complexity index is 563. The summed E-state index contributed by atoms with van der Waals surface area (Å²) in [6.07, 6.45) is 0. The van der Waals surface area contributed by atoms with Gasteiger partial charge in [-0.1, -0.05) is 46.7 Å². The monoisotopic (exact) mass is 370 g/mol. The van der Waals surface area contributed by atoms with E-state index in [1.54, 1.807) is 13.0 Å². The molecule has 0 aliphatic heterocycles. The average Bonchev–Trinajstić information content (AvgIpc) is 2.25. The fourth-order valence-corrected chi connectivity index (χ4v) is 3.36. The van der Waals surface area contributed by atoms with Gasteiger partial charge in [0.1, 0.15) is 4.90 Å². The highest BCUT2D eigenvalue weighted by molar-refractivity contribution is 9.10. The first-order chi connectivity index (χ1) is 8.24. The van der Waals surface area contributed by atoms with Gasteiger partial charge in [-0.15, -0.1) is 0 Å². The molecule has 1 aromatic carbocycles. The molecule has 0 bridgehead atoms. The zero-order valence-electron chi connectivity index (χ0n) is 9.48. The zero-order chi connectivity index (χ0) is 13.9. The number of halogens is 2. The molecule has 0 aliphatic carbocycles. The van der Waals surface area contributed by atoms with Crippen LogP contribution in [0, 0.1) is 5.92 Å². The Kier molecular flexibility index (Phi) is 5.54. The summed E-state index contributed by atoms with van der Waals surface area (Å²) in [6, 6.07) is 4.56. The second kappa shape index (κ2) is 6.29. The van der Waals surface area contributed by atoms with Crippen molar-refractivity contribution in [2.45, 2.75) is 11.8 Å². The Morgan fingerprint density at radius 3 is 2.72 bits per heavy atom. The molecule has 0 heterocycles. The lowest BCUT2D eigenvalue weighted by Gasteiger charge is -2.12. The molecular weight excluding hydrogens is 360 g/mol. The van der Waals surface area contributed by atoms with Crippen LogP contribution in [0.5, 0.6) is 0 Å². The Hall–Kier alpha value is -0.210. The van der Waals surface area contributed by atoms with Crippen LogP contribution in [0.25, 0.3) is 0 Å². The number of rotatable bonds is 5. The second-order valence-electron chi connectivity index (χ2n) is 3.73. The number of nitrogens with two attached hydrogens (primary N) is 1. The van der Waals surface area contributed by atoms with Gasteiger partial charge in [0.05, 0.1) is 10.0 Å². The largest absolute Gasteiger partial charge is 0.393 e. The predicted octanol–water partition coefficient (Wildman–Crippen LogP) is 2.30. The number of benzene rings is 1. The third-order valence-electron chi connectivity index (χ3n) is 2.25. The van der Waals surface area contributed by atoms with Gasteiger partial charge in [-0.05, 0) is 18.2 Å². The van der Waals surface area contributed by atoms with Gasteiger partial charge in [0.25, 0.3) is 0 Å². The van der Waals surface area contributed by atoms with Gasteiger partial charge in [0.2, 0.25) is 10.0 Å². The molecule has 0 saturated carbocycles. The van der Waals surface area contributed by atoms with Crippen molar-refractivity contribution in [2.75, 3.05) is 6.54 Å². The minimum atomic E-state index is -3.65. The number of hydrogen-bond acceptors (Lipinski definition) is 3. The third kappa shape index (κ3) is 4.17. The molecule has 1 atom stereocenters. The van der Waals surface area contributed by atoms with Crippen molar-refractivity contribution in [3.63, 3.8) is 0 Å². The number of nitrogens with one attached hydrogen (secondary N) is 1. The van der Waals surface area contributed by atoms with Crippen LogP contribution in [-0.4, -0.2) is 20.0 Å². The van der Waals surface area contributed by atoms with E-state index < -0.39 is 10.0 Å². The summed E-state index contributed by atoms with van der Waals surface area (Å²) in [5.74, 6) is -0.219. The van der Waals surface area contributed by atoms with Crippen molar-refractivity contribution in [3.05, 3.63) is 27.7 Å². The Morgan fingerprint density at radius 1 is 1.61 bits per heavy atom. The van der Waals surface area contributed by atoms with Crippen LogP contribution in [-0.2, 0) is 10.0 Å². The zero-order valence-corrected chi connectivity index (χ0v) is 13.5. The van der Waals surface area contributed by atoms with E-state index in [4.69, 9.17) is 29.6 Å². The normalized spacial score (nSPS) is 13.3. The van der Waals surface area contributed by atoms with Crippen molar-refractivity contribution >= 4 is 54.8 Å². The maximum Gasteiger partial charge on any atom is 0.242 e. The van der Waals surface area contributed by atoms with Crippen LogP contribution in [0.2, 0.25) is 5.02 Å². The molecule has 4 nitrogen and oxygen atoms in total. The van der Waals surface area contributed by atoms with Gasteiger partial charge in [-0.2, -0.15) is 0 Å². The van der Waals surface area contributed by atoms with E-state index in [1.165, 1.54) is 12.1 Å². The summed E-state index contributed by atoms with van der Waals surface area (Å²) < 4.78 is 27.1. The fourth-order valence-electron chi connectivity index (χ4n) is 1.11. The molecule has 0 radical (unpaired) electrons. The maximum absolute atomic E-state index is 12.0. The lowest BCUT2D eigenvalue weighted by atomic mass is 10.2. The number of thiocarbonyl (C=S) groups is 1. The molecule has 1 rings (SSSR count). The van der Waals surface area contributed by atoms with Gasteiger partial charge in [-0.25, -0.2) is 13.1 Å². The molecule has 0 amide bonds. The first-order valence-electron chi connectivity index (χ1n) is 4.98. The quantitative estimate of drug-likeness (QED) is 0.779. The van der Waals surface area contributed by atoms with Crippen molar-refractivity contribution in [1.82, 2.24) is 4.72 Å². The maximum atomic E-state index is 12.0. The SMILES string of the molecule is CC(CNS(=O)(=O)c1ccc(Br)cc1Cl)C(N)=S. The van der Waals surface area contributed by atoms with Crippen LogP contribution in [0.15, 0.2) is 27.6 Å². The second-order valence-corrected chi connectivity index (χ2v) is 7.26. The molecule has 1 unspecified atom stereocenters. The molecule has 3 N–H and O–H groups in total. The average molecular weight is 372 g/mol. The summed E-state index contributed by atoms with van der Waals surface area (Å²) in [5.41, 5.74) is 5.42. The van der Waals surface area contributed by atoms with E-state index in [2.05, 4.69) is 20.7 Å². The van der Waals surface area contributed by atoms with Gasteiger partial charge < -0.3 is 5.73 Å². The summed E-state index contributed by atoms with van der Waals surface area (Å²) in [7, 11) is -3.65. The lowest BCUT2D eigenvalue weighted by molar-refractivity contribution is 0.575. The topological polar surface area (TPSA) is 72.2 Å². The highest BCUT2D eigenvalue weighted by atomic mass is 79.9. The van der Waals surface area contributed by atoms with Gasteiger partial charge in [0, 0.05) is 16.9 Å². The third-order valence-corrected chi connectivity index (χ3v) is 5.05. The van der Waals surface area contributed by atoms with Gasteiger partial charge in [0.15, 0.2) is 0 Å². The van der Waals surface area contributed by atoms with E-state index in [0.717, 1.165) is 0 Å². The first kappa shape index (κ1) is 15.8. The molecule has 8 heteroatoms. The molecule has 0 spiro atoms. The van der Waals surface area contributed by atoms with Crippen LogP contribution in [0.3, 0.4) is 0 Å². The summed E-state index contributed by atoms with van der Waals surface area (Å²) >= 11 is 13.9. The predicted molar refractivity (Wildman–Crippen MR) is 80.3 cm³/mol. The van der Waals surface area contributed by atoms with Gasteiger partial charge >= 0.3 is 0 Å². The minimum absolute atomic E-state index is 0.0301. The van der Waals surface area contributed by atoms with Crippen molar-refractivity contribution in [1.29, 1.82) is 0 Å². The summed E-state index contributed by atoms with van der Waals surface area (Å²) in [6.45, 7) is 1.89. The van der Waals surface area contributed by atoms with Crippen LogP contribution >= 0.6 is 39.7 Å². The van der Waals surface area contributed by atoms with E-state index in [1.807, 2.05) is 0 Å². The molecule has 18 heavy (non-hydrogen) atoms. The Labute approximate surface area is 125 Å². The van der Waals surface area contributed by atoms with E-state index in [9.17, 15) is 8.42 Å². The van der Waals surface area contributed by atoms with Crippen LogP contribution < -0.4 is 10.5 Å². The standard InChI is InChI=1S/C10H12BrClN2O2S2/c1-6(10(13)17)5-14-18(15,16)9-3-2-7(11)4-8(9)12/h2-4,6,14H,5H2,1H3,(H2,13,17). The first-order valence-corrected chi connectivity index (χ1v) is 8.04. The Morgan fingerprint density at radius 2 is 2.22 bits per heavy atom. The van der Waals surface area contributed by atoms with Crippen molar-refractivity contribution in [2.24, 2.45) is 11.7 Å². The molecule has 1 aromatic rings. The Balaban J connectivity index is 2.90. The molecule has 0 aromatic heterocycles. The van der Waals surface area contributed by atoms with E-state index in [0.29, 0.717) is 4.47 Å². The highest BCUT2D eigenvalue weighted by Crippen LogP contribution is 2.25. The lowest BCUT2D eigenvalue weighted by Crippen LogP contribution is -2.33. The highest BCUT2D eigenvalue weighted by Gasteiger charge is 2.19. The number of hydrogen-bond donors (Lipinski definition) is 2. The molecular formula is C10H12BrClN2O2S2. The fraction of sp³-hybridized carbons (Fsp3) is 0.300. The molecule has 100 valence electrons. The van der Waals surface area contributed by atoms with Crippen molar-refractivity contribution < 1.29 is 8.42 Å². The van der Waals surface area contributed by atoms with E-state index >= 15 is 0 Å².